The summed E-state index contributed by atoms with van der Waals surface area (Å²) in [5, 5.41) is 0. The van der Waals surface area contributed by atoms with Crippen LogP contribution in [0.15, 0.2) is 18.2 Å². The van der Waals surface area contributed by atoms with Crippen LogP contribution in [0.25, 0.3) is 0 Å². The first-order chi connectivity index (χ1) is 7.98. The van der Waals surface area contributed by atoms with Gasteiger partial charge >= 0.3 is 0 Å². The smallest absolute Gasteiger partial charge is 0.277 e. The molecule has 1 aromatic carbocycles. The van der Waals surface area contributed by atoms with Gasteiger partial charge in [0.1, 0.15) is 0 Å². The van der Waals surface area contributed by atoms with E-state index in [2.05, 4.69) is 9.44 Å². The van der Waals surface area contributed by atoms with Gasteiger partial charge < -0.3 is 5.73 Å². The van der Waals surface area contributed by atoms with Gasteiger partial charge in [-0.3, -0.25) is 0 Å². The normalized spacial score (nSPS) is 16.1. The zero-order valence-corrected chi connectivity index (χ0v) is 10.5. The highest BCUT2D eigenvalue weighted by molar-refractivity contribution is 7.87. The van der Waals surface area contributed by atoms with Crippen LogP contribution in [-0.4, -0.2) is 14.5 Å². The minimum Gasteiger partial charge on any atom is -0.399 e. The molecule has 0 aliphatic heterocycles. The molecule has 1 fully saturated rings. The maximum absolute atomic E-state index is 11.6. The Morgan fingerprint density at radius 3 is 2.76 bits per heavy atom. The standard InChI is InChI=1S/C11H17N3O2S/c1-8-9(3-2-4-11(8)12)7-13-17(15,16)14-10-5-6-10/h2-4,10,13-14H,5-7,12H2,1H3. The summed E-state index contributed by atoms with van der Waals surface area (Å²) in [5.74, 6) is 0. The molecule has 0 bridgehead atoms. The van der Waals surface area contributed by atoms with Crippen molar-refractivity contribution in [2.24, 2.45) is 0 Å². The first kappa shape index (κ1) is 12.3. The van der Waals surface area contributed by atoms with Crippen LogP contribution in [-0.2, 0) is 16.8 Å². The molecule has 0 spiro atoms. The lowest BCUT2D eigenvalue weighted by atomic mass is 10.1. The van der Waals surface area contributed by atoms with Crippen LogP contribution in [0.4, 0.5) is 5.69 Å². The summed E-state index contributed by atoms with van der Waals surface area (Å²) in [6.45, 7) is 2.15. The molecule has 5 nitrogen and oxygen atoms in total. The molecule has 1 saturated carbocycles. The highest BCUT2D eigenvalue weighted by Crippen LogP contribution is 2.19. The molecule has 2 rings (SSSR count). The van der Waals surface area contributed by atoms with Gasteiger partial charge in [-0.15, -0.1) is 0 Å². The summed E-state index contributed by atoms with van der Waals surface area (Å²) in [4.78, 5) is 0. The zero-order valence-electron chi connectivity index (χ0n) is 9.73. The molecule has 0 atom stereocenters. The number of nitrogens with one attached hydrogen (secondary N) is 2. The third kappa shape index (κ3) is 3.42. The van der Waals surface area contributed by atoms with E-state index in [4.69, 9.17) is 5.73 Å². The maximum atomic E-state index is 11.6. The Kier molecular flexibility index (Phi) is 3.37. The molecule has 94 valence electrons. The van der Waals surface area contributed by atoms with Gasteiger partial charge in [-0.25, -0.2) is 0 Å². The average molecular weight is 255 g/mol. The summed E-state index contributed by atoms with van der Waals surface area (Å²) in [6.07, 6.45) is 1.86. The highest BCUT2D eigenvalue weighted by Gasteiger charge is 2.26. The van der Waals surface area contributed by atoms with Crippen molar-refractivity contribution in [3.63, 3.8) is 0 Å². The summed E-state index contributed by atoms with van der Waals surface area (Å²) < 4.78 is 28.3. The molecule has 0 aromatic heterocycles. The number of nitrogens with two attached hydrogens (primary N) is 1. The third-order valence-electron chi connectivity index (χ3n) is 2.84. The van der Waals surface area contributed by atoms with Crippen LogP contribution in [0.2, 0.25) is 0 Å². The van der Waals surface area contributed by atoms with Crippen molar-refractivity contribution in [2.75, 3.05) is 5.73 Å². The highest BCUT2D eigenvalue weighted by atomic mass is 32.2. The third-order valence-corrected chi connectivity index (χ3v) is 4.01. The Morgan fingerprint density at radius 2 is 2.12 bits per heavy atom. The minimum atomic E-state index is -3.39. The minimum absolute atomic E-state index is 0.120. The van der Waals surface area contributed by atoms with Gasteiger partial charge in [0, 0.05) is 18.3 Å². The summed E-state index contributed by atoms with van der Waals surface area (Å²) in [6, 6.07) is 5.61. The number of hydrogen-bond donors (Lipinski definition) is 3. The van der Waals surface area contributed by atoms with Crippen LogP contribution in [0.3, 0.4) is 0 Å². The van der Waals surface area contributed by atoms with E-state index in [1.807, 2.05) is 19.1 Å². The van der Waals surface area contributed by atoms with Crippen molar-refractivity contribution in [2.45, 2.75) is 32.4 Å². The fourth-order valence-corrected chi connectivity index (χ4v) is 2.63. The predicted octanol–water partition coefficient (Wildman–Crippen LogP) is 0.664. The van der Waals surface area contributed by atoms with Gasteiger partial charge in [-0.05, 0) is 37.0 Å². The lowest BCUT2D eigenvalue weighted by molar-refractivity contribution is 0.565. The van der Waals surface area contributed by atoms with E-state index in [1.165, 1.54) is 0 Å². The van der Waals surface area contributed by atoms with Crippen LogP contribution >= 0.6 is 0 Å². The molecular weight excluding hydrogens is 238 g/mol. The van der Waals surface area contributed by atoms with E-state index >= 15 is 0 Å². The van der Waals surface area contributed by atoms with Crippen molar-refractivity contribution in [3.05, 3.63) is 29.3 Å². The van der Waals surface area contributed by atoms with Crippen molar-refractivity contribution in [1.29, 1.82) is 0 Å². The quantitative estimate of drug-likeness (QED) is 0.676. The molecule has 0 radical (unpaired) electrons. The number of rotatable bonds is 5. The second-order valence-corrected chi connectivity index (χ2v) is 5.88. The van der Waals surface area contributed by atoms with E-state index in [1.54, 1.807) is 6.07 Å². The molecule has 17 heavy (non-hydrogen) atoms. The second kappa shape index (κ2) is 4.64. The molecule has 0 saturated heterocycles. The molecule has 1 aromatic rings. The van der Waals surface area contributed by atoms with Crippen LogP contribution < -0.4 is 15.2 Å². The van der Waals surface area contributed by atoms with Crippen LogP contribution in [0.5, 0.6) is 0 Å². The van der Waals surface area contributed by atoms with E-state index in [0.29, 0.717) is 5.69 Å². The van der Waals surface area contributed by atoms with E-state index in [0.717, 1.165) is 24.0 Å². The largest absolute Gasteiger partial charge is 0.399 e. The Labute approximate surface area is 102 Å². The monoisotopic (exact) mass is 255 g/mol. The number of nitrogen functional groups attached to an aromatic ring is 1. The molecule has 0 unspecified atom stereocenters. The van der Waals surface area contributed by atoms with Crippen molar-refractivity contribution in [3.8, 4) is 0 Å². The zero-order chi connectivity index (χ0) is 12.5. The molecule has 1 aliphatic carbocycles. The van der Waals surface area contributed by atoms with Crippen LogP contribution in [0, 0.1) is 6.92 Å². The molecule has 0 heterocycles. The lowest BCUT2D eigenvalue weighted by Crippen LogP contribution is -2.37. The van der Waals surface area contributed by atoms with Gasteiger partial charge in [-0.1, -0.05) is 12.1 Å². The van der Waals surface area contributed by atoms with Gasteiger partial charge in [0.15, 0.2) is 0 Å². The SMILES string of the molecule is Cc1c(N)cccc1CNS(=O)(=O)NC1CC1. The van der Waals surface area contributed by atoms with E-state index in [9.17, 15) is 8.42 Å². The van der Waals surface area contributed by atoms with Crippen molar-refractivity contribution >= 4 is 15.9 Å². The first-order valence-corrected chi connectivity index (χ1v) is 7.07. The second-order valence-electron chi connectivity index (χ2n) is 4.35. The molecule has 6 heteroatoms. The van der Waals surface area contributed by atoms with Gasteiger partial charge in [0.25, 0.3) is 10.2 Å². The fraction of sp³-hybridized carbons (Fsp3) is 0.455. The van der Waals surface area contributed by atoms with E-state index < -0.39 is 10.2 Å². The number of benzene rings is 1. The lowest BCUT2D eigenvalue weighted by Gasteiger charge is -2.10. The van der Waals surface area contributed by atoms with Gasteiger partial charge in [0.05, 0.1) is 0 Å². The molecule has 0 amide bonds. The summed E-state index contributed by atoms with van der Waals surface area (Å²) in [5.41, 5.74) is 8.25. The van der Waals surface area contributed by atoms with Gasteiger partial charge in [0.2, 0.25) is 0 Å². The number of hydrogen-bond acceptors (Lipinski definition) is 3. The fourth-order valence-electron chi connectivity index (χ4n) is 1.53. The summed E-state index contributed by atoms with van der Waals surface area (Å²) in [7, 11) is -3.39. The summed E-state index contributed by atoms with van der Waals surface area (Å²) >= 11 is 0. The maximum Gasteiger partial charge on any atom is 0.277 e. The molecular formula is C11H17N3O2S. The van der Waals surface area contributed by atoms with Crippen molar-refractivity contribution < 1.29 is 8.42 Å². The first-order valence-electron chi connectivity index (χ1n) is 5.59. The van der Waals surface area contributed by atoms with Gasteiger partial charge in [-0.2, -0.15) is 17.9 Å². The Hall–Kier alpha value is -1.11. The van der Waals surface area contributed by atoms with E-state index in [-0.39, 0.29) is 12.6 Å². The molecule has 4 N–H and O–H groups in total. The Balaban J connectivity index is 1.99. The Bertz CT molecular complexity index is 509. The van der Waals surface area contributed by atoms with Crippen molar-refractivity contribution in [1.82, 2.24) is 9.44 Å². The molecule has 1 aliphatic rings. The topological polar surface area (TPSA) is 84.2 Å². The Morgan fingerprint density at radius 1 is 1.41 bits per heavy atom. The predicted molar refractivity (Wildman–Crippen MR) is 67.5 cm³/mol. The number of anilines is 1. The average Bonchev–Trinajstić information content (AvgIpc) is 3.03. The van der Waals surface area contributed by atoms with Crippen LogP contribution in [0.1, 0.15) is 24.0 Å².